The Labute approximate surface area is 67.0 Å². The first-order valence-corrected chi connectivity index (χ1v) is 3.98. The third-order valence-electron chi connectivity index (χ3n) is 2.24. The minimum atomic E-state index is -0.199. The van der Waals surface area contributed by atoms with Gasteiger partial charge in [-0.2, -0.15) is 0 Å². The number of likely N-dealkylation sites (tertiary alicyclic amines) is 1. The first kappa shape index (κ1) is 8.53. The van der Waals surface area contributed by atoms with Crippen molar-refractivity contribution in [3.8, 4) is 0 Å². The Kier molecular flexibility index (Phi) is 2.18. The first-order chi connectivity index (χ1) is 5.08. The van der Waals surface area contributed by atoms with Gasteiger partial charge in [0.2, 0.25) is 5.91 Å². The summed E-state index contributed by atoms with van der Waals surface area (Å²) in [5.41, 5.74) is -0.199. The van der Waals surface area contributed by atoms with Gasteiger partial charge in [0.1, 0.15) is 0 Å². The molecule has 1 rings (SSSR count). The fourth-order valence-electron chi connectivity index (χ4n) is 1.39. The Morgan fingerprint density at radius 3 is 2.64 bits per heavy atom. The molecule has 0 unspecified atom stereocenters. The molecule has 1 heterocycles. The minimum Gasteiger partial charge on any atom is -0.395 e. The van der Waals surface area contributed by atoms with Crippen LogP contribution in [0, 0.1) is 5.41 Å². The van der Waals surface area contributed by atoms with Gasteiger partial charge in [0.05, 0.1) is 6.61 Å². The van der Waals surface area contributed by atoms with Crippen molar-refractivity contribution < 1.29 is 9.90 Å². The van der Waals surface area contributed by atoms with Gasteiger partial charge in [-0.25, -0.2) is 0 Å². The number of hydrogen-bond donors (Lipinski definition) is 1. The lowest BCUT2D eigenvalue weighted by Gasteiger charge is -2.17. The second-order valence-corrected chi connectivity index (χ2v) is 3.65. The van der Waals surface area contributed by atoms with Crippen LogP contribution in [-0.2, 0) is 4.79 Å². The molecule has 11 heavy (non-hydrogen) atoms. The molecule has 0 aromatic heterocycles. The van der Waals surface area contributed by atoms with Crippen LogP contribution >= 0.6 is 0 Å². The summed E-state index contributed by atoms with van der Waals surface area (Å²) in [6.07, 6.45) is 0.909. The van der Waals surface area contributed by atoms with Gasteiger partial charge in [-0.3, -0.25) is 4.79 Å². The molecular weight excluding hydrogens is 142 g/mol. The van der Waals surface area contributed by atoms with E-state index in [0.29, 0.717) is 6.54 Å². The number of aliphatic hydroxyl groups excluding tert-OH is 1. The van der Waals surface area contributed by atoms with Crippen LogP contribution in [0.2, 0.25) is 0 Å². The summed E-state index contributed by atoms with van der Waals surface area (Å²) in [6.45, 7) is 5.26. The smallest absolute Gasteiger partial charge is 0.228 e. The van der Waals surface area contributed by atoms with E-state index >= 15 is 0 Å². The minimum absolute atomic E-state index is 0.0713. The third kappa shape index (κ3) is 1.53. The highest BCUT2D eigenvalue weighted by molar-refractivity contribution is 5.83. The molecule has 1 aliphatic heterocycles. The maximum Gasteiger partial charge on any atom is 0.228 e. The number of hydrogen-bond acceptors (Lipinski definition) is 2. The average Bonchev–Trinajstić information content (AvgIpc) is 2.17. The summed E-state index contributed by atoms with van der Waals surface area (Å²) in [5, 5.41) is 8.62. The van der Waals surface area contributed by atoms with Crippen molar-refractivity contribution in [2.45, 2.75) is 20.3 Å². The van der Waals surface area contributed by atoms with Gasteiger partial charge in [0.15, 0.2) is 0 Å². The Morgan fingerprint density at radius 2 is 2.27 bits per heavy atom. The van der Waals surface area contributed by atoms with E-state index in [9.17, 15) is 4.79 Å². The molecule has 0 aromatic rings. The zero-order valence-corrected chi connectivity index (χ0v) is 7.13. The molecule has 0 spiro atoms. The lowest BCUT2D eigenvalue weighted by molar-refractivity contribution is -0.134. The van der Waals surface area contributed by atoms with Crippen LogP contribution in [0.4, 0.5) is 0 Å². The van der Waals surface area contributed by atoms with E-state index < -0.39 is 0 Å². The van der Waals surface area contributed by atoms with E-state index in [4.69, 9.17) is 5.11 Å². The van der Waals surface area contributed by atoms with Crippen molar-refractivity contribution in [3.63, 3.8) is 0 Å². The number of amides is 1. The van der Waals surface area contributed by atoms with Crippen LogP contribution in [0.3, 0.4) is 0 Å². The maximum absolute atomic E-state index is 11.4. The van der Waals surface area contributed by atoms with Crippen molar-refractivity contribution in [2.75, 3.05) is 19.7 Å². The van der Waals surface area contributed by atoms with Crippen LogP contribution in [0.5, 0.6) is 0 Å². The van der Waals surface area contributed by atoms with Crippen molar-refractivity contribution in [2.24, 2.45) is 5.41 Å². The lowest BCUT2D eigenvalue weighted by atomic mass is 9.92. The quantitative estimate of drug-likeness (QED) is 0.623. The fourth-order valence-corrected chi connectivity index (χ4v) is 1.39. The van der Waals surface area contributed by atoms with Gasteiger partial charge < -0.3 is 10.0 Å². The number of aliphatic hydroxyl groups is 1. The molecule has 64 valence electrons. The van der Waals surface area contributed by atoms with Gasteiger partial charge in [-0.1, -0.05) is 13.8 Å². The van der Waals surface area contributed by atoms with Crippen molar-refractivity contribution in [1.29, 1.82) is 0 Å². The van der Waals surface area contributed by atoms with Crippen LogP contribution in [0.15, 0.2) is 0 Å². The summed E-state index contributed by atoms with van der Waals surface area (Å²) in [4.78, 5) is 13.2. The predicted octanol–water partition coefficient (Wildman–Crippen LogP) is 0.237. The summed E-state index contributed by atoms with van der Waals surface area (Å²) >= 11 is 0. The monoisotopic (exact) mass is 157 g/mol. The molecule has 0 aliphatic carbocycles. The molecule has 0 saturated carbocycles. The number of nitrogens with zero attached hydrogens (tertiary/aromatic N) is 1. The van der Waals surface area contributed by atoms with Crippen molar-refractivity contribution in [1.82, 2.24) is 4.90 Å². The second-order valence-electron chi connectivity index (χ2n) is 3.65. The van der Waals surface area contributed by atoms with Gasteiger partial charge in [-0.05, 0) is 6.42 Å². The molecule has 1 N–H and O–H groups in total. The Hall–Kier alpha value is -0.570. The number of β-amino-alcohol motifs (C(OH)–C–C–N with tert-alkyl or cyclic N) is 1. The van der Waals surface area contributed by atoms with Gasteiger partial charge in [0.25, 0.3) is 0 Å². The Balaban J connectivity index is 2.56. The summed E-state index contributed by atoms with van der Waals surface area (Å²) in [6, 6.07) is 0. The molecule has 1 aliphatic rings. The van der Waals surface area contributed by atoms with E-state index in [1.165, 1.54) is 0 Å². The molecular formula is C8H15NO2. The highest BCUT2D eigenvalue weighted by Gasteiger charge is 2.37. The molecule has 1 saturated heterocycles. The molecule has 0 aromatic carbocycles. The molecule has 1 fully saturated rings. The first-order valence-electron chi connectivity index (χ1n) is 3.98. The molecule has 0 atom stereocenters. The van der Waals surface area contributed by atoms with E-state index in [1.807, 2.05) is 13.8 Å². The zero-order valence-electron chi connectivity index (χ0n) is 7.13. The Morgan fingerprint density at radius 1 is 1.64 bits per heavy atom. The zero-order chi connectivity index (χ0) is 8.48. The average molecular weight is 157 g/mol. The predicted molar refractivity (Wildman–Crippen MR) is 42.1 cm³/mol. The van der Waals surface area contributed by atoms with Gasteiger partial charge in [0, 0.05) is 18.5 Å². The Bertz CT molecular complexity index is 165. The van der Waals surface area contributed by atoms with Gasteiger partial charge >= 0.3 is 0 Å². The van der Waals surface area contributed by atoms with E-state index in [-0.39, 0.29) is 17.9 Å². The van der Waals surface area contributed by atoms with E-state index in [1.54, 1.807) is 4.90 Å². The van der Waals surface area contributed by atoms with Crippen LogP contribution < -0.4 is 0 Å². The van der Waals surface area contributed by atoms with Crippen LogP contribution in [0.25, 0.3) is 0 Å². The van der Waals surface area contributed by atoms with E-state index in [2.05, 4.69) is 0 Å². The lowest BCUT2D eigenvalue weighted by Crippen LogP contribution is -2.32. The third-order valence-corrected chi connectivity index (χ3v) is 2.24. The van der Waals surface area contributed by atoms with Crippen LogP contribution in [0.1, 0.15) is 20.3 Å². The number of rotatable bonds is 2. The highest BCUT2D eigenvalue weighted by Crippen LogP contribution is 2.29. The molecule has 3 heteroatoms. The van der Waals surface area contributed by atoms with Gasteiger partial charge in [-0.15, -0.1) is 0 Å². The summed E-state index contributed by atoms with van der Waals surface area (Å²) in [7, 11) is 0. The second kappa shape index (κ2) is 2.81. The van der Waals surface area contributed by atoms with Crippen LogP contribution in [-0.4, -0.2) is 35.6 Å². The number of carbonyl (C=O) groups excluding carboxylic acids is 1. The van der Waals surface area contributed by atoms with Crippen molar-refractivity contribution in [3.05, 3.63) is 0 Å². The maximum atomic E-state index is 11.4. The summed E-state index contributed by atoms with van der Waals surface area (Å²) < 4.78 is 0. The normalized spacial score (nSPS) is 22.8. The molecule has 3 nitrogen and oxygen atoms in total. The fraction of sp³-hybridized carbons (Fsp3) is 0.875. The molecule has 0 bridgehead atoms. The largest absolute Gasteiger partial charge is 0.395 e. The SMILES string of the molecule is CC1(C)CCN(CCO)C1=O. The standard InChI is InChI=1S/C8H15NO2/c1-8(2)3-4-9(5-6-10)7(8)11/h10H,3-6H2,1-2H3. The molecule has 1 amide bonds. The van der Waals surface area contributed by atoms with E-state index in [0.717, 1.165) is 13.0 Å². The van der Waals surface area contributed by atoms with Crippen molar-refractivity contribution >= 4 is 5.91 Å². The highest BCUT2D eigenvalue weighted by atomic mass is 16.3. The summed E-state index contributed by atoms with van der Waals surface area (Å²) in [5.74, 6) is 0.173. The topological polar surface area (TPSA) is 40.5 Å². The molecule has 0 radical (unpaired) electrons. The number of carbonyl (C=O) groups is 1.